The van der Waals surface area contributed by atoms with Crippen LogP contribution in [0.2, 0.25) is 0 Å². The van der Waals surface area contributed by atoms with Crippen LogP contribution in [-0.2, 0) is 13.1 Å². The van der Waals surface area contributed by atoms with E-state index in [9.17, 15) is 4.39 Å². The molecule has 11 heavy (non-hydrogen) atoms. The van der Waals surface area contributed by atoms with Crippen LogP contribution in [0.1, 0.15) is 12.6 Å². The Morgan fingerprint density at radius 2 is 2.55 bits per heavy atom. The molecule has 1 atom stereocenters. The molecule has 0 bridgehead atoms. The number of imidazole rings is 1. The van der Waals surface area contributed by atoms with E-state index in [1.807, 2.05) is 0 Å². The lowest BCUT2D eigenvalue weighted by atomic mass is 10.4. The van der Waals surface area contributed by atoms with E-state index in [-0.39, 0.29) is 0 Å². The van der Waals surface area contributed by atoms with Crippen molar-refractivity contribution >= 4 is 0 Å². The molecule has 0 fully saturated rings. The third-order valence-corrected chi connectivity index (χ3v) is 1.46. The summed E-state index contributed by atoms with van der Waals surface area (Å²) in [7, 11) is 0. The Bertz CT molecular complexity index is 219. The molecule has 2 N–H and O–H groups in total. The van der Waals surface area contributed by atoms with E-state index in [0.29, 0.717) is 13.1 Å². The molecule has 0 aliphatic rings. The topological polar surface area (TPSA) is 43.8 Å². The molecule has 3 nitrogen and oxygen atoms in total. The Hall–Kier alpha value is -0.900. The molecular formula is C7H12FN3. The first kappa shape index (κ1) is 8.20. The molecule has 0 aliphatic carbocycles. The van der Waals surface area contributed by atoms with Crippen molar-refractivity contribution in [1.82, 2.24) is 9.55 Å². The van der Waals surface area contributed by atoms with Gasteiger partial charge in [-0.2, -0.15) is 0 Å². The maximum absolute atomic E-state index is 12.5. The smallest absolute Gasteiger partial charge is 0.115 e. The average molecular weight is 157 g/mol. The maximum atomic E-state index is 12.5. The first-order valence-electron chi connectivity index (χ1n) is 3.57. The van der Waals surface area contributed by atoms with Gasteiger partial charge in [0.1, 0.15) is 6.17 Å². The Morgan fingerprint density at radius 1 is 1.82 bits per heavy atom. The van der Waals surface area contributed by atoms with Crippen LogP contribution < -0.4 is 5.73 Å². The summed E-state index contributed by atoms with van der Waals surface area (Å²) < 4.78 is 14.2. The number of nitrogens with two attached hydrogens (primary N) is 1. The molecule has 1 heterocycles. The number of hydrogen-bond donors (Lipinski definition) is 1. The highest BCUT2D eigenvalue weighted by molar-refractivity contribution is 4.97. The third kappa shape index (κ3) is 2.01. The summed E-state index contributed by atoms with van der Waals surface area (Å²) in [5.74, 6) is 0. The molecule has 0 saturated carbocycles. The molecule has 1 aromatic rings. The van der Waals surface area contributed by atoms with Gasteiger partial charge in [-0.25, -0.2) is 9.37 Å². The number of hydrogen-bond acceptors (Lipinski definition) is 2. The summed E-state index contributed by atoms with van der Waals surface area (Å²) in [5, 5.41) is 0. The molecule has 62 valence electrons. The quantitative estimate of drug-likeness (QED) is 0.701. The fraction of sp³-hybridized carbons (Fsp3) is 0.571. The third-order valence-electron chi connectivity index (χ3n) is 1.46. The normalized spacial score (nSPS) is 13.4. The van der Waals surface area contributed by atoms with Crippen LogP contribution >= 0.6 is 0 Å². The van der Waals surface area contributed by atoms with E-state index in [0.717, 1.165) is 5.69 Å². The Kier molecular flexibility index (Phi) is 2.59. The van der Waals surface area contributed by atoms with Gasteiger partial charge in [-0.15, -0.1) is 0 Å². The Morgan fingerprint density at radius 3 is 3.09 bits per heavy atom. The minimum absolute atomic E-state index is 0.340. The Balaban J connectivity index is 2.68. The van der Waals surface area contributed by atoms with Gasteiger partial charge >= 0.3 is 0 Å². The number of halogens is 1. The maximum Gasteiger partial charge on any atom is 0.115 e. The largest absolute Gasteiger partial charge is 0.330 e. The molecule has 1 unspecified atom stereocenters. The van der Waals surface area contributed by atoms with Gasteiger partial charge < -0.3 is 10.3 Å². The molecule has 0 aliphatic heterocycles. The van der Waals surface area contributed by atoms with Crippen molar-refractivity contribution in [1.29, 1.82) is 0 Å². The molecule has 0 amide bonds. The first-order chi connectivity index (χ1) is 5.24. The van der Waals surface area contributed by atoms with Gasteiger partial charge in [-0.1, -0.05) is 0 Å². The summed E-state index contributed by atoms with van der Waals surface area (Å²) in [6, 6.07) is 0. The number of rotatable bonds is 3. The van der Waals surface area contributed by atoms with Gasteiger partial charge in [0, 0.05) is 12.7 Å². The minimum Gasteiger partial charge on any atom is -0.330 e. The van der Waals surface area contributed by atoms with Crippen LogP contribution in [0.3, 0.4) is 0 Å². The van der Waals surface area contributed by atoms with Crippen LogP contribution in [0.15, 0.2) is 12.5 Å². The fourth-order valence-corrected chi connectivity index (χ4v) is 0.954. The zero-order valence-corrected chi connectivity index (χ0v) is 6.50. The zero-order chi connectivity index (χ0) is 8.27. The van der Waals surface area contributed by atoms with Gasteiger partial charge in [0.2, 0.25) is 0 Å². The molecule has 0 aromatic carbocycles. The first-order valence-corrected chi connectivity index (χ1v) is 3.57. The predicted molar refractivity (Wildman–Crippen MR) is 40.7 cm³/mol. The summed E-state index contributed by atoms with van der Waals surface area (Å²) in [6.07, 6.45) is 2.40. The van der Waals surface area contributed by atoms with Crippen LogP contribution in [0.4, 0.5) is 4.39 Å². The highest BCUT2D eigenvalue weighted by atomic mass is 19.1. The van der Waals surface area contributed by atoms with Gasteiger partial charge in [0.25, 0.3) is 0 Å². The highest BCUT2D eigenvalue weighted by Crippen LogP contribution is 2.01. The van der Waals surface area contributed by atoms with E-state index >= 15 is 0 Å². The minimum atomic E-state index is -0.852. The van der Waals surface area contributed by atoms with Crippen LogP contribution in [-0.4, -0.2) is 15.7 Å². The van der Waals surface area contributed by atoms with Crippen molar-refractivity contribution in [3.63, 3.8) is 0 Å². The zero-order valence-electron chi connectivity index (χ0n) is 6.50. The lowest BCUT2D eigenvalue weighted by Crippen LogP contribution is -2.11. The van der Waals surface area contributed by atoms with Crippen molar-refractivity contribution in [2.45, 2.75) is 26.2 Å². The van der Waals surface area contributed by atoms with Crippen molar-refractivity contribution < 1.29 is 4.39 Å². The second-order valence-corrected chi connectivity index (χ2v) is 2.52. The standard InChI is InChI=1S/C7H12FN3/c1-6(8)4-11-5-10-3-7(11)2-9/h3,5-6H,2,4,9H2,1H3. The SMILES string of the molecule is CC(F)Cn1cncc1CN. The number of nitrogens with zero attached hydrogens (tertiary/aromatic N) is 2. The number of alkyl halides is 1. The summed E-state index contributed by atoms with van der Waals surface area (Å²) in [4.78, 5) is 3.86. The molecular weight excluding hydrogens is 145 g/mol. The van der Waals surface area contributed by atoms with Gasteiger partial charge in [0.05, 0.1) is 18.6 Å². The van der Waals surface area contributed by atoms with Crippen LogP contribution in [0.5, 0.6) is 0 Å². The van der Waals surface area contributed by atoms with Crippen LogP contribution in [0.25, 0.3) is 0 Å². The Labute approximate surface area is 65.0 Å². The van der Waals surface area contributed by atoms with E-state index in [1.165, 1.54) is 6.92 Å². The van der Waals surface area contributed by atoms with Gasteiger partial charge in [-0.3, -0.25) is 0 Å². The summed E-state index contributed by atoms with van der Waals surface area (Å²) >= 11 is 0. The lowest BCUT2D eigenvalue weighted by molar-refractivity contribution is 0.317. The van der Waals surface area contributed by atoms with Crippen molar-refractivity contribution in [2.75, 3.05) is 0 Å². The van der Waals surface area contributed by atoms with E-state index in [4.69, 9.17) is 5.73 Å². The molecule has 1 aromatic heterocycles. The van der Waals surface area contributed by atoms with E-state index < -0.39 is 6.17 Å². The van der Waals surface area contributed by atoms with Crippen molar-refractivity contribution in [3.05, 3.63) is 18.2 Å². The van der Waals surface area contributed by atoms with Crippen LogP contribution in [0, 0.1) is 0 Å². The second kappa shape index (κ2) is 3.48. The number of aromatic nitrogens is 2. The monoisotopic (exact) mass is 157 g/mol. The molecule has 0 spiro atoms. The lowest BCUT2D eigenvalue weighted by Gasteiger charge is -2.05. The molecule has 1 rings (SSSR count). The van der Waals surface area contributed by atoms with Gasteiger partial charge in [0.15, 0.2) is 0 Å². The van der Waals surface area contributed by atoms with E-state index in [1.54, 1.807) is 17.1 Å². The predicted octanol–water partition coefficient (Wildman–Crippen LogP) is 0.700. The summed E-state index contributed by atoms with van der Waals surface area (Å²) in [6.45, 7) is 2.26. The van der Waals surface area contributed by atoms with Crippen molar-refractivity contribution in [3.8, 4) is 0 Å². The highest BCUT2D eigenvalue weighted by Gasteiger charge is 2.03. The van der Waals surface area contributed by atoms with Gasteiger partial charge in [-0.05, 0) is 6.92 Å². The fourth-order valence-electron chi connectivity index (χ4n) is 0.954. The van der Waals surface area contributed by atoms with E-state index in [2.05, 4.69) is 4.98 Å². The molecule has 0 radical (unpaired) electrons. The second-order valence-electron chi connectivity index (χ2n) is 2.52. The molecule has 0 saturated heterocycles. The average Bonchev–Trinajstić information content (AvgIpc) is 2.34. The summed E-state index contributed by atoms with van der Waals surface area (Å²) in [5.41, 5.74) is 6.26. The molecule has 4 heteroatoms. The van der Waals surface area contributed by atoms with Crippen molar-refractivity contribution in [2.24, 2.45) is 5.73 Å².